The van der Waals surface area contributed by atoms with Crippen LogP contribution in [-0.4, -0.2) is 54.7 Å². The van der Waals surface area contributed by atoms with Gasteiger partial charge >= 0.3 is 6.09 Å². The molecule has 0 spiro atoms. The van der Waals surface area contributed by atoms with Crippen LogP contribution in [0.25, 0.3) is 0 Å². The summed E-state index contributed by atoms with van der Waals surface area (Å²) < 4.78 is 5.03. The Morgan fingerprint density at radius 3 is 2.44 bits per heavy atom. The number of piperidine rings is 1. The molecule has 1 heterocycles. The number of likely N-dealkylation sites (tertiary alicyclic amines) is 1. The van der Waals surface area contributed by atoms with Crippen LogP contribution in [0.1, 0.15) is 33.6 Å². The maximum atomic E-state index is 11.6. The van der Waals surface area contributed by atoms with Crippen molar-refractivity contribution in [3.63, 3.8) is 0 Å². The topological polar surface area (TPSA) is 32.8 Å². The van der Waals surface area contributed by atoms with Gasteiger partial charge in [-0.1, -0.05) is 19.1 Å². The van der Waals surface area contributed by atoms with E-state index >= 15 is 0 Å². The second-order valence-electron chi connectivity index (χ2n) is 4.94. The van der Waals surface area contributed by atoms with Gasteiger partial charge in [0.2, 0.25) is 0 Å². The molecule has 1 aliphatic rings. The van der Waals surface area contributed by atoms with Crippen LogP contribution in [0.3, 0.4) is 0 Å². The van der Waals surface area contributed by atoms with Crippen LogP contribution in [0.15, 0.2) is 12.2 Å². The molecule has 1 amide bonds. The molecule has 1 fully saturated rings. The van der Waals surface area contributed by atoms with E-state index in [-0.39, 0.29) is 6.09 Å². The number of carbonyl (C=O) groups is 1. The van der Waals surface area contributed by atoms with Crippen molar-refractivity contribution >= 4 is 6.09 Å². The molecule has 0 saturated carbocycles. The normalized spacial score (nSPS) is 17.0. The summed E-state index contributed by atoms with van der Waals surface area (Å²) in [4.78, 5) is 15.9. The Labute approximate surface area is 111 Å². The molecule has 0 aromatic heterocycles. The average Bonchev–Trinajstić information content (AvgIpc) is 2.36. The van der Waals surface area contributed by atoms with E-state index in [1.807, 2.05) is 11.8 Å². The first kappa shape index (κ1) is 15.0. The van der Waals surface area contributed by atoms with Gasteiger partial charge in [-0.2, -0.15) is 0 Å². The van der Waals surface area contributed by atoms with Crippen molar-refractivity contribution in [3.8, 4) is 0 Å². The second kappa shape index (κ2) is 7.41. The first-order valence-corrected chi connectivity index (χ1v) is 6.88. The number of nitrogens with zero attached hydrogens (tertiary/aromatic N) is 2. The van der Waals surface area contributed by atoms with E-state index in [1.54, 1.807) is 0 Å². The Hall–Kier alpha value is -1.03. The molecule has 0 aliphatic carbocycles. The summed E-state index contributed by atoms with van der Waals surface area (Å²) in [6, 6.07) is 0.567. The van der Waals surface area contributed by atoms with Crippen molar-refractivity contribution < 1.29 is 9.53 Å². The van der Waals surface area contributed by atoms with Crippen LogP contribution in [-0.2, 0) is 4.74 Å². The highest BCUT2D eigenvalue weighted by molar-refractivity contribution is 5.67. The molecule has 0 aromatic carbocycles. The zero-order valence-electron chi connectivity index (χ0n) is 11.9. The van der Waals surface area contributed by atoms with Crippen LogP contribution in [0.2, 0.25) is 0 Å². The standard InChI is InChI=1S/C14H26N2O2/c1-5-15(11-12(3)4)13-7-9-16(10-8-13)14(17)18-6-2/h13H,3,5-11H2,1-2,4H3. The van der Waals surface area contributed by atoms with Crippen LogP contribution in [0.5, 0.6) is 0 Å². The van der Waals surface area contributed by atoms with Gasteiger partial charge in [0, 0.05) is 25.7 Å². The van der Waals surface area contributed by atoms with Crippen molar-refractivity contribution in [2.24, 2.45) is 0 Å². The second-order valence-corrected chi connectivity index (χ2v) is 4.94. The highest BCUT2D eigenvalue weighted by atomic mass is 16.6. The number of hydrogen-bond donors (Lipinski definition) is 0. The molecule has 4 heteroatoms. The lowest BCUT2D eigenvalue weighted by Gasteiger charge is -2.37. The Balaban J connectivity index is 2.42. The molecule has 0 radical (unpaired) electrons. The molecule has 4 nitrogen and oxygen atoms in total. The first-order chi connectivity index (χ1) is 8.58. The Morgan fingerprint density at radius 2 is 2.00 bits per heavy atom. The Bertz CT molecular complexity index is 284. The van der Waals surface area contributed by atoms with Gasteiger partial charge < -0.3 is 9.64 Å². The SMILES string of the molecule is C=C(C)CN(CC)C1CCN(C(=O)OCC)CC1. The highest BCUT2D eigenvalue weighted by Crippen LogP contribution is 2.18. The minimum Gasteiger partial charge on any atom is -0.450 e. The Morgan fingerprint density at radius 1 is 1.39 bits per heavy atom. The predicted octanol–water partition coefficient (Wildman–Crippen LogP) is 2.51. The molecule has 0 N–H and O–H groups in total. The molecule has 1 aliphatic heterocycles. The Kier molecular flexibility index (Phi) is 6.19. The van der Waals surface area contributed by atoms with Crippen LogP contribution < -0.4 is 0 Å². The number of likely N-dealkylation sites (N-methyl/N-ethyl adjacent to an activating group) is 1. The lowest BCUT2D eigenvalue weighted by atomic mass is 10.0. The maximum absolute atomic E-state index is 11.6. The van der Waals surface area contributed by atoms with E-state index in [2.05, 4.69) is 25.3 Å². The monoisotopic (exact) mass is 254 g/mol. The van der Waals surface area contributed by atoms with Crippen molar-refractivity contribution in [1.82, 2.24) is 9.80 Å². The first-order valence-electron chi connectivity index (χ1n) is 6.88. The number of carbonyl (C=O) groups excluding carboxylic acids is 1. The van der Waals surface area contributed by atoms with Gasteiger partial charge in [-0.05, 0) is 33.2 Å². The summed E-state index contributed by atoms with van der Waals surface area (Å²) in [6.07, 6.45) is 1.89. The average molecular weight is 254 g/mol. The van der Waals surface area contributed by atoms with E-state index in [4.69, 9.17) is 4.74 Å². The maximum Gasteiger partial charge on any atom is 0.409 e. The van der Waals surface area contributed by atoms with Crippen LogP contribution in [0.4, 0.5) is 4.79 Å². The van der Waals surface area contributed by atoms with Gasteiger partial charge in [0.1, 0.15) is 0 Å². The fourth-order valence-corrected chi connectivity index (χ4v) is 2.47. The minimum absolute atomic E-state index is 0.168. The van der Waals surface area contributed by atoms with E-state index < -0.39 is 0 Å². The molecule has 1 saturated heterocycles. The summed E-state index contributed by atoms with van der Waals surface area (Å²) in [5.74, 6) is 0. The van der Waals surface area contributed by atoms with Crippen molar-refractivity contribution in [3.05, 3.63) is 12.2 Å². The molecule has 1 rings (SSSR count). The van der Waals surface area contributed by atoms with Gasteiger partial charge in [-0.15, -0.1) is 0 Å². The summed E-state index contributed by atoms with van der Waals surface area (Å²) in [6.45, 7) is 14.1. The van der Waals surface area contributed by atoms with Crippen molar-refractivity contribution in [2.75, 3.05) is 32.8 Å². The third-order valence-corrected chi connectivity index (χ3v) is 3.39. The smallest absolute Gasteiger partial charge is 0.409 e. The number of rotatable bonds is 5. The fourth-order valence-electron chi connectivity index (χ4n) is 2.47. The van der Waals surface area contributed by atoms with Gasteiger partial charge in [-0.25, -0.2) is 4.79 Å². The zero-order valence-corrected chi connectivity index (χ0v) is 11.9. The van der Waals surface area contributed by atoms with Crippen molar-refractivity contribution in [2.45, 2.75) is 39.7 Å². The van der Waals surface area contributed by atoms with E-state index in [0.717, 1.165) is 39.0 Å². The largest absolute Gasteiger partial charge is 0.450 e. The van der Waals surface area contributed by atoms with Gasteiger partial charge in [0.15, 0.2) is 0 Å². The summed E-state index contributed by atoms with van der Waals surface area (Å²) in [7, 11) is 0. The molecule has 0 bridgehead atoms. The summed E-state index contributed by atoms with van der Waals surface area (Å²) in [5.41, 5.74) is 1.20. The third-order valence-electron chi connectivity index (χ3n) is 3.39. The van der Waals surface area contributed by atoms with E-state index in [9.17, 15) is 4.79 Å². The number of amides is 1. The minimum atomic E-state index is -0.168. The van der Waals surface area contributed by atoms with Crippen LogP contribution in [0, 0.1) is 0 Å². The summed E-state index contributed by atoms with van der Waals surface area (Å²) >= 11 is 0. The highest BCUT2D eigenvalue weighted by Gasteiger charge is 2.26. The fraction of sp³-hybridized carbons (Fsp3) is 0.786. The van der Waals surface area contributed by atoms with E-state index in [0.29, 0.717) is 12.6 Å². The van der Waals surface area contributed by atoms with E-state index in [1.165, 1.54) is 5.57 Å². The predicted molar refractivity (Wildman–Crippen MR) is 73.7 cm³/mol. The van der Waals surface area contributed by atoms with Crippen molar-refractivity contribution in [1.29, 1.82) is 0 Å². The molecule has 0 atom stereocenters. The molecule has 0 aromatic rings. The molecule has 0 unspecified atom stereocenters. The third kappa shape index (κ3) is 4.33. The van der Waals surface area contributed by atoms with Gasteiger partial charge in [0.25, 0.3) is 0 Å². The molecular formula is C14H26N2O2. The van der Waals surface area contributed by atoms with Crippen LogP contribution >= 0.6 is 0 Å². The summed E-state index contributed by atoms with van der Waals surface area (Å²) in [5, 5.41) is 0. The zero-order chi connectivity index (χ0) is 13.5. The number of hydrogen-bond acceptors (Lipinski definition) is 3. The lowest BCUT2D eigenvalue weighted by molar-refractivity contribution is 0.0783. The quantitative estimate of drug-likeness (QED) is 0.707. The molecular weight excluding hydrogens is 228 g/mol. The molecule has 104 valence electrons. The van der Waals surface area contributed by atoms with Gasteiger partial charge in [0.05, 0.1) is 6.61 Å². The lowest BCUT2D eigenvalue weighted by Crippen LogP contribution is -2.47. The number of ether oxygens (including phenoxy) is 1. The molecule has 18 heavy (non-hydrogen) atoms. The van der Waals surface area contributed by atoms with Gasteiger partial charge in [-0.3, -0.25) is 4.90 Å².